The first-order chi connectivity index (χ1) is 10.8. The van der Waals surface area contributed by atoms with Gasteiger partial charge in [0.2, 0.25) is 0 Å². The van der Waals surface area contributed by atoms with Crippen LogP contribution in [0.4, 0.5) is 0 Å². The molecule has 0 radical (unpaired) electrons. The van der Waals surface area contributed by atoms with E-state index in [0.717, 1.165) is 12.8 Å². The van der Waals surface area contributed by atoms with Gasteiger partial charge in [0.05, 0.1) is 0 Å². The van der Waals surface area contributed by atoms with Crippen LogP contribution in [-0.4, -0.2) is 18.0 Å². The van der Waals surface area contributed by atoms with Crippen molar-refractivity contribution in [2.75, 3.05) is 6.61 Å². The number of hydrogen-bond donors (Lipinski definition) is 1. The first-order valence-electron chi connectivity index (χ1n) is 10.1. The van der Waals surface area contributed by atoms with E-state index in [1.54, 1.807) is 0 Å². The predicted octanol–water partition coefficient (Wildman–Crippen LogP) is 6.60. The fourth-order valence-electron chi connectivity index (χ4n) is 2.97. The molecule has 0 bridgehead atoms. The van der Waals surface area contributed by atoms with Crippen LogP contribution in [0.15, 0.2) is 0 Å². The summed E-state index contributed by atoms with van der Waals surface area (Å²) in [6, 6.07) is 0. The molecule has 0 heterocycles. The SMILES string of the molecule is CCCCCCCCCCCCCCCCCC(O)OCC. The van der Waals surface area contributed by atoms with E-state index in [4.69, 9.17) is 4.74 Å². The Morgan fingerprint density at radius 3 is 1.32 bits per heavy atom. The Labute approximate surface area is 140 Å². The zero-order valence-corrected chi connectivity index (χ0v) is 15.5. The smallest absolute Gasteiger partial charge is 0.154 e. The maximum absolute atomic E-state index is 9.43. The number of aliphatic hydroxyl groups is 1. The Morgan fingerprint density at radius 2 is 0.955 bits per heavy atom. The van der Waals surface area contributed by atoms with Crippen LogP contribution in [0, 0.1) is 0 Å². The minimum absolute atomic E-state index is 0.535. The molecule has 2 nitrogen and oxygen atoms in total. The molecule has 2 heteroatoms. The quantitative estimate of drug-likeness (QED) is 0.228. The summed E-state index contributed by atoms with van der Waals surface area (Å²) in [6.07, 6.45) is 21.0. The van der Waals surface area contributed by atoms with Crippen LogP contribution < -0.4 is 0 Å². The molecule has 0 aliphatic rings. The van der Waals surface area contributed by atoms with Gasteiger partial charge < -0.3 is 9.84 Å². The minimum Gasteiger partial charge on any atom is -0.368 e. The van der Waals surface area contributed by atoms with Gasteiger partial charge in [0.15, 0.2) is 6.29 Å². The monoisotopic (exact) mass is 314 g/mol. The topological polar surface area (TPSA) is 29.5 Å². The van der Waals surface area contributed by atoms with E-state index in [-0.39, 0.29) is 0 Å². The maximum atomic E-state index is 9.43. The first kappa shape index (κ1) is 21.9. The molecule has 0 aliphatic carbocycles. The second kappa shape index (κ2) is 19.0. The highest BCUT2D eigenvalue weighted by Crippen LogP contribution is 2.14. The molecule has 0 aromatic carbocycles. The summed E-state index contributed by atoms with van der Waals surface area (Å²) in [5.74, 6) is 0. The Hall–Kier alpha value is -0.0800. The van der Waals surface area contributed by atoms with E-state index in [1.165, 1.54) is 89.9 Å². The van der Waals surface area contributed by atoms with Crippen molar-refractivity contribution in [3.8, 4) is 0 Å². The van der Waals surface area contributed by atoms with Gasteiger partial charge in [0, 0.05) is 6.61 Å². The maximum Gasteiger partial charge on any atom is 0.154 e. The average Bonchev–Trinajstić information content (AvgIpc) is 2.51. The average molecular weight is 315 g/mol. The molecule has 22 heavy (non-hydrogen) atoms. The summed E-state index contributed by atoms with van der Waals surface area (Å²) in [4.78, 5) is 0. The van der Waals surface area contributed by atoms with Gasteiger partial charge in [-0.2, -0.15) is 0 Å². The van der Waals surface area contributed by atoms with Crippen molar-refractivity contribution < 1.29 is 9.84 Å². The van der Waals surface area contributed by atoms with E-state index < -0.39 is 6.29 Å². The molecule has 1 N–H and O–H groups in total. The number of unbranched alkanes of at least 4 members (excludes halogenated alkanes) is 14. The third-order valence-electron chi connectivity index (χ3n) is 4.41. The van der Waals surface area contributed by atoms with Crippen molar-refractivity contribution >= 4 is 0 Å². The molecule has 0 aliphatic heterocycles. The van der Waals surface area contributed by atoms with Crippen LogP contribution in [0.1, 0.15) is 117 Å². The molecule has 0 saturated carbocycles. The predicted molar refractivity (Wildman–Crippen MR) is 97.2 cm³/mol. The molecule has 0 spiro atoms. The largest absolute Gasteiger partial charge is 0.368 e. The minimum atomic E-state index is -0.535. The van der Waals surface area contributed by atoms with Crippen molar-refractivity contribution in [3.63, 3.8) is 0 Å². The van der Waals surface area contributed by atoms with Crippen LogP contribution in [0.2, 0.25) is 0 Å². The zero-order chi connectivity index (χ0) is 16.3. The fraction of sp³-hybridized carbons (Fsp3) is 1.00. The third kappa shape index (κ3) is 18.0. The van der Waals surface area contributed by atoms with E-state index in [2.05, 4.69) is 6.92 Å². The molecule has 0 fully saturated rings. The molecule has 0 aromatic heterocycles. The molecule has 1 unspecified atom stereocenters. The van der Waals surface area contributed by atoms with E-state index >= 15 is 0 Å². The Bertz CT molecular complexity index is 194. The van der Waals surface area contributed by atoms with Gasteiger partial charge >= 0.3 is 0 Å². The highest BCUT2D eigenvalue weighted by atomic mass is 16.6. The molecule has 0 amide bonds. The van der Waals surface area contributed by atoms with Crippen LogP contribution >= 0.6 is 0 Å². The van der Waals surface area contributed by atoms with Crippen molar-refractivity contribution in [1.29, 1.82) is 0 Å². The molecule has 0 saturated heterocycles. The number of ether oxygens (including phenoxy) is 1. The first-order valence-corrected chi connectivity index (χ1v) is 10.1. The van der Waals surface area contributed by atoms with E-state index in [9.17, 15) is 5.11 Å². The molecule has 0 rings (SSSR count). The van der Waals surface area contributed by atoms with Gasteiger partial charge in [-0.25, -0.2) is 0 Å². The fourth-order valence-corrected chi connectivity index (χ4v) is 2.97. The summed E-state index contributed by atoms with van der Waals surface area (Å²) in [5, 5.41) is 9.43. The molecule has 1 atom stereocenters. The highest BCUT2D eigenvalue weighted by Gasteiger charge is 2.01. The second-order valence-electron chi connectivity index (χ2n) is 6.65. The standard InChI is InChI=1S/C20H42O2/c1-3-5-6-7-8-9-10-11-12-13-14-15-16-17-18-19-20(21)22-4-2/h20-21H,3-19H2,1-2H3. The molecular formula is C20H42O2. The Balaban J connectivity index is 3.00. The molecular weight excluding hydrogens is 272 g/mol. The third-order valence-corrected chi connectivity index (χ3v) is 4.41. The van der Waals surface area contributed by atoms with E-state index in [0.29, 0.717) is 6.61 Å². The van der Waals surface area contributed by atoms with Gasteiger partial charge in [0.25, 0.3) is 0 Å². The summed E-state index contributed by atoms with van der Waals surface area (Å²) in [5.41, 5.74) is 0. The number of aliphatic hydroxyl groups excluding tert-OH is 1. The van der Waals surface area contributed by atoms with Gasteiger partial charge in [-0.15, -0.1) is 0 Å². The lowest BCUT2D eigenvalue weighted by molar-refractivity contribution is -0.0994. The number of rotatable bonds is 18. The summed E-state index contributed by atoms with van der Waals surface area (Å²) >= 11 is 0. The Morgan fingerprint density at radius 1 is 0.591 bits per heavy atom. The van der Waals surface area contributed by atoms with Crippen LogP contribution in [0.3, 0.4) is 0 Å². The van der Waals surface area contributed by atoms with Gasteiger partial charge in [-0.3, -0.25) is 0 Å². The van der Waals surface area contributed by atoms with Crippen LogP contribution in [0.25, 0.3) is 0 Å². The highest BCUT2D eigenvalue weighted by molar-refractivity contribution is 4.50. The molecule has 134 valence electrons. The van der Waals surface area contributed by atoms with Gasteiger partial charge in [0.1, 0.15) is 0 Å². The van der Waals surface area contributed by atoms with Crippen LogP contribution in [-0.2, 0) is 4.74 Å². The lowest BCUT2D eigenvalue weighted by atomic mass is 10.0. The van der Waals surface area contributed by atoms with Crippen LogP contribution in [0.5, 0.6) is 0 Å². The Kier molecular flexibility index (Phi) is 18.9. The van der Waals surface area contributed by atoms with Crippen molar-refractivity contribution in [2.45, 2.75) is 123 Å². The van der Waals surface area contributed by atoms with Gasteiger partial charge in [-0.05, 0) is 19.8 Å². The molecule has 0 aromatic rings. The summed E-state index contributed by atoms with van der Waals surface area (Å²) < 4.78 is 5.12. The second-order valence-corrected chi connectivity index (χ2v) is 6.65. The van der Waals surface area contributed by atoms with Crippen molar-refractivity contribution in [1.82, 2.24) is 0 Å². The van der Waals surface area contributed by atoms with Crippen molar-refractivity contribution in [2.24, 2.45) is 0 Å². The van der Waals surface area contributed by atoms with Gasteiger partial charge in [-0.1, -0.05) is 96.8 Å². The number of hydrogen-bond acceptors (Lipinski definition) is 2. The lowest BCUT2D eigenvalue weighted by Gasteiger charge is -2.09. The normalized spacial score (nSPS) is 12.7. The zero-order valence-electron chi connectivity index (χ0n) is 15.5. The lowest BCUT2D eigenvalue weighted by Crippen LogP contribution is -2.10. The van der Waals surface area contributed by atoms with E-state index in [1.807, 2.05) is 6.92 Å². The summed E-state index contributed by atoms with van der Waals surface area (Å²) in [6.45, 7) is 4.82. The summed E-state index contributed by atoms with van der Waals surface area (Å²) in [7, 11) is 0. The van der Waals surface area contributed by atoms with Crippen molar-refractivity contribution in [3.05, 3.63) is 0 Å².